The Morgan fingerprint density at radius 3 is 2.70 bits per heavy atom. The van der Waals surface area contributed by atoms with Crippen LogP contribution in [0.1, 0.15) is 37.8 Å². The third-order valence-corrected chi connectivity index (χ3v) is 3.62. The lowest BCUT2D eigenvalue weighted by molar-refractivity contribution is -0.146. The highest BCUT2D eigenvalue weighted by atomic mass is 16.6. The van der Waals surface area contributed by atoms with Gasteiger partial charge in [-0.3, -0.25) is 0 Å². The highest BCUT2D eigenvalue weighted by Crippen LogP contribution is 2.27. The second kappa shape index (κ2) is 7.81. The Labute approximate surface area is 135 Å². The highest BCUT2D eigenvalue weighted by Gasteiger charge is 2.11. The molecule has 0 amide bonds. The molecule has 1 aromatic carbocycles. The first kappa shape index (κ1) is 17.1. The van der Waals surface area contributed by atoms with E-state index in [9.17, 15) is 9.59 Å². The smallest absolute Gasteiger partial charge is 0.344 e. The summed E-state index contributed by atoms with van der Waals surface area (Å²) in [6, 6.07) is 5.07. The largest absolute Gasteiger partial charge is 0.481 e. The minimum absolute atomic E-state index is 0.154. The van der Waals surface area contributed by atoms with Gasteiger partial charge in [-0.1, -0.05) is 20.3 Å². The average Bonchev–Trinajstić information content (AvgIpc) is 2.52. The lowest BCUT2D eigenvalue weighted by atomic mass is 10.1. The molecule has 0 aliphatic heterocycles. The number of benzene rings is 1. The molecule has 2 rings (SSSR count). The highest BCUT2D eigenvalue weighted by molar-refractivity contribution is 5.82. The van der Waals surface area contributed by atoms with E-state index in [2.05, 4.69) is 0 Å². The van der Waals surface area contributed by atoms with Crippen molar-refractivity contribution in [1.29, 1.82) is 0 Å². The van der Waals surface area contributed by atoms with E-state index in [0.29, 0.717) is 17.9 Å². The summed E-state index contributed by atoms with van der Waals surface area (Å²) in [7, 11) is 0. The van der Waals surface area contributed by atoms with Gasteiger partial charge in [0, 0.05) is 17.5 Å². The summed E-state index contributed by atoms with van der Waals surface area (Å²) in [5, 5.41) is 0.874. The van der Waals surface area contributed by atoms with Crippen molar-refractivity contribution in [1.82, 2.24) is 0 Å². The molecule has 2 aromatic rings. The van der Waals surface area contributed by atoms with Gasteiger partial charge in [0.25, 0.3) is 0 Å². The Morgan fingerprint density at radius 2 is 2.00 bits per heavy atom. The van der Waals surface area contributed by atoms with Crippen molar-refractivity contribution < 1.29 is 18.7 Å². The lowest BCUT2D eigenvalue weighted by Gasteiger charge is -2.12. The number of fused-ring (bicyclic) bond motifs is 1. The van der Waals surface area contributed by atoms with Gasteiger partial charge in [0.2, 0.25) is 0 Å². The number of rotatable bonds is 7. The Hall–Kier alpha value is -2.30. The zero-order valence-corrected chi connectivity index (χ0v) is 13.8. The molecule has 0 aliphatic carbocycles. The summed E-state index contributed by atoms with van der Waals surface area (Å²) in [5.41, 5.74) is 1.87. The van der Waals surface area contributed by atoms with Crippen LogP contribution in [-0.4, -0.2) is 19.2 Å². The number of carbonyl (C=O) groups is 1. The summed E-state index contributed by atoms with van der Waals surface area (Å²) in [6.07, 6.45) is 2.55. The van der Waals surface area contributed by atoms with Crippen LogP contribution >= 0.6 is 0 Å². The fourth-order valence-electron chi connectivity index (χ4n) is 2.31. The van der Waals surface area contributed by atoms with E-state index in [1.54, 1.807) is 6.07 Å². The number of ether oxygens (including phenoxy) is 2. The second-order valence-corrected chi connectivity index (χ2v) is 5.42. The van der Waals surface area contributed by atoms with Gasteiger partial charge in [0.05, 0.1) is 6.61 Å². The van der Waals surface area contributed by atoms with Gasteiger partial charge in [-0.05, 0) is 37.0 Å². The van der Waals surface area contributed by atoms with Crippen LogP contribution in [0.4, 0.5) is 0 Å². The monoisotopic (exact) mass is 318 g/mol. The Bertz CT molecular complexity index is 745. The molecule has 0 atom stereocenters. The summed E-state index contributed by atoms with van der Waals surface area (Å²) in [6.45, 7) is 6.15. The number of carbonyl (C=O) groups excluding carboxylic acids is 1. The van der Waals surface area contributed by atoms with Gasteiger partial charge in [-0.15, -0.1) is 0 Å². The number of aryl methyl sites for hydroxylation is 2. The van der Waals surface area contributed by atoms with Crippen molar-refractivity contribution in [2.45, 2.75) is 40.0 Å². The first-order valence-electron chi connectivity index (χ1n) is 7.91. The first-order chi connectivity index (χ1) is 11.0. The fourth-order valence-corrected chi connectivity index (χ4v) is 2.31. The van der Waals surface area contributed by atoms with Gasteiger partial charge in [-0.2, -0.15) is 0 Å². The van der Waals surface area contributed by atoms with Crippen LogP contribution in [0.15, 0.2) is 27.4 Å². The molecule has 0 radical (unpaired) electrons. The summed E-state index contributed by atoms with van der Waals surface area (Å²) < 4.78 is 15.9. The standard InChI is InChI=1S/C18H22O5/c1-4-6-7-21-18(20)11-22-15-10-16-14(9-13(15)5-2)12(3)8-17(19)23-16/h8-10H,4-7,11H2,1-3H3. The van der Waals surface area contributed by atoms with E-state index in [4.69, 9.17) is 13.9 Å². The molecular weight excluding hydrogens is 296 g/mol. The van der Waals surface area contributed by atoms with Crippen LogP contribution in [0.5, 0.6) is 5.75 Å². The quantitative estimate of drug-likeness (QED) is 0.445. The molecule has 0 saturated carbocycles. The molecule has 0 aliphatic rings. The predicted molar refractivity (Wildman–Crippen MR) is 88.0 cm³/mol. The van der Waals surface area contributed by atoms with E-state index in [0.717, 1.165) is 35.8 Å². The number of hydrogen-bond acceptors (Lipinski definition) is 5. The molecule has 124 valence electrons. The van der Waals surface area contributed by atoms with Crippen LogP contribution < -0.4 is 10.4 Å². The summed E-state index contributed by atoms with van der Waals surface area (Å²) in [5.74, 6) is 0.146. The summed E-state index contributed by atoms with van der Waals surface area (Å²) in [4.78, 5) is 23.1. The van der Waals surface area contributed by atoms with E-state index in [1.807, 2.05) is 26.8 Å². The van der Waals surface area contributed by atoms with Crippen LogP contribution in [0.2, 0.25) is 0 Å². The Kier molecular flexibility index (Phi) is 5.79. The van der Waals surface area contributed by atoms with Crippen LogP contribution in [-0.2, 0) is 16.0 Å². The molecule has 23 heavy (non-hydrogen) atoms. The molecule has 0 saturated heterocycles. The van der Waals surface area contributed by atoms with Gasteiger partial charge < -0.3 is 13.9 Å². The van der Waals surface area contributed by atoms with Gasteiger partial charge >= 0.3 is 11.6 Å². The number of esters is 1. The normalized spacial score (nSPS) is 10.7. The molecule has 1 heterocycles. The zero-order chi connectivity index (χ0) is 16.8. The van der Waals surface area contributed by atoms with Crippen molar-refractivity contribution in [3.05, 3.63) is 39.7 Å². The van der Waals surface area contributed by atoms with Crippen molar-refractivity contribution >= 4 is 16.9 Å². The van der Waals surface area contributed by atoms with Gasteiger partial charge in [0.15, 0.2) is 6.61 Å². The Balaban J connectivity index is 2.19. The third kappa shape index (κ3) is 4.34. The van der Waals surface area contributed by atoms with Gasteiger partial charge in [0.1, 0.15) is 11.3 Å². The zero-order valence-electron chi connectivity index (χ0n) is 13.8. The third-order valence-electron chi connectivity index (χ3n) is 3.62. The summed E-state index contributed by atoms with van der Waals surface area (Å²) >= 11 is 0. The van der Waals surface area contributed by atoms with Gasteiger partial charge in [-0.25, -0.2) is 9.59 Å². The van der Waals surface area contributed by atoms with Crippen LogP contribution in [0, 0.1) is 6.92 Å². The second-order valence-electron chi connectivity index (χ2n) is 5.42. The number of unbranched alkanes of at least 4 members (excludes halogenated alkanes) is 1. The van der Waals surface area contributed by atoms with E-state index in [-0.39, 0.29) is 6.61 Å². The van der Waals surface area contributed by atoms with Crippen molar-refractivity contribution in [2.24, 2.45) is 0 Å². The Morgan fingerprint density at radius 1 is 1.22 bits per heavy atom. The molecule has 5 heteroatoms. The molecule has 5 nitrogen and oxygen atoms in total. The average molecular weight is 318 g/mol. The minimum Gasteiger partial charge on any atom is -0.481 e. The van der Waals surface area contributed by atoms with E-state index >= 15 is 0 Å². The minimum atomic E-state index is -0.399. The van der Waals surface area contributed by atoms with Crippen molar-refractivity contribution in [3.8, 4) is 5.75 Å². The molecular formula is C18H22O5. The molecule has 0 unspecified atom stereocenters. The maximum atomic E-state index is 11.6. The predicted octanol–water partition coefficient (Wildman–Crippen LogP) is 3.39. The fraction of sp³-hybridized carbons (Fsp3) is 0.444. The van der Waals surface area contributed by atoms with Crippen molar-refractivity contribution in [3.63, 3.8) is 0 Å². The maximum Gasteiger partial charge on any atom is 0.344 e. The van der Waals surface area contributed by atoms with Crippen LogP contribution in [0.3, 0.4) is 0 Å². The SMILES string of the molecule is CCCCOC(=O)COc1cc2oc(=O)cc(C)c2cc1CC. The topological polar surface area (TPSA) is 65.7 Å². The first-order valence-corrected chi connectivity index (χ1v) is 7.91. The molecule has 0 fully saturated rings. The van der Waals surface area contributed by atoms with E-state index in [1.165, 1.54) is 6.07 Å². The van der Waals surface area contributed by atoms with Crippen molar-refractivity contribution in [2.75, 3.05) is 13.2 Å². The van der Waals surface area contributed by atoms with Crippen LogP contribution in [0.25, 0.3) is 11.0 Å². The van der Waals surface area contributed by atoms with E-state index < -0.39 is 11.6 Å². The molecule has 0 N–H and O–H groups in total. The lowest BCUT2D eigenvalue weighted by Crippen LogP contribution is -2.16. The number of hydrogen-bond donors (Lipinski definition) is 0. The molecule has 0 spiro atoms. The maximum absolute atomic E-state index is 11.6. The molecule has 0 bridgehead atoms. The molecule has 1 aromatic heterocycles.